The van der Waals surface area contributed by atoms with E-state index in [9.17, 15) is 0 Å². The molecule has 9 heteroatoms. The van der Waals surface area contributed by atoms with Crippen LogP contribution in [-0.2, 0) is 4.74 Å². The number of morpholine rings is 1. The summed E-state index contributed by atoms with van der Waals surface area (Å²) in [5.74, 6) is 1.54. The number of ether oxygens (including phenoxy) is 1. The van der Waals surface area contributed by atoms with Crippen molar-refractivity contribution in [2.45, 2.75) is 19.4 Å². The lowest BCUT2D eigenvalue weighted by atomic mass is 10.1. The first-order chi connectivity index (χ1) is 10.1. The Balaban J connectivity index is 1.96. The van der Waals surface area contributed by atoms with Gasteiger partial charge in [0.25, 0.3) is 5.95 Å². The summed E-state index contributed by atoms with van der Waals surface area (Å²) in [5.41, 5.74) is -0.224. The average molecular weight is 290 g/mol. The summed E-state index contributed by atoms with van der Waals surface area (Å²) < 4.78 is 7.23. The Hall–Kier alpha value is -2.29. The SMILES string of the molecule is CNc1nc(N2CCOC(C)(C)C2)nc(-n2cncn2)n1. The molecule has 112 valence electrons. The Morgan fingerprint density at radius 1 is 1.24 bits per heavy atom. The number of rotatable bonds is 3. The molecule has 0 aromatic carbocycles. The number of hydrogen-bond acceptors (Lipinski definition) is 8. The zero-order chi connectivity index (χ0) is 14.9. The van der Waals surface area contributed by atoms with Crippen LogP contribution in [0.3, 0.4) is 0 Å². The second-order valence-corrected chi connectivity index (χ2v) is 5.38. The zero-order valence-electron chi connectivity index (χ0n) is 12.3. The number of nitrogens with one attached hydrogen (secondary N) is 1. The van der Waals surface area contributed by atoms with Crippen LogP contribution in [0.1, 0.15) is 13.8 Å². The lowest BCUT2D eigenvalue weighted by Crippen LogP contribution is -2.49. The van der Waals surface area contributed by atoms with Crippen LogP contribution in [0.15, 0.2) is 12.7 Å². The van der Waals surface area contributed by atoms with Crippen molar-refractivity contribution in [1.82, 2.24) is 29.7 Å². The van der Waals surface area contributed by atoms with Crippen molar-refractivity contribution < 1.29 is 4.74 Å². The monoisotopic (exact) mass is 290 g/mol. The van der Waals surface area contributed by atoms with Crippen LogP contribution in [0.5, 0.6) is 0 Å². The van der Waals surface area contributed by atoms with Crippen LogP contribution < -0.4 is 10.2 Å². The molecule has 1 aliphatic rings. The summed E-state index contributed by atoms with van der Waals surface area (Å²) in [6.07, 6.45) is 3.00. The predicted octanol–water partition coefficient (Wildman–Crippen LogP) is 0.109. The van der Waals surface area contributed by atoms with Gasteiger partial charge in [0.05, 0.1) is 12.2 Å². The molecule has 0 unspecified atom stereocenters. The van der Waals surface area contributed by atoms with Gasteiger partial charge in [-0.2, -0.15) is 24.7 Å². The molecule has 2 aromatic heterocycles. The maximum Gasteiger partial charge on any atom is 0.258 e. The molecule has 1 fully saturated rings. The molecule has 1 saturated heterocycles. The van der Waals surface area contributed by atoms with Crippen LogP contribution in [0.4, 0.5) is 11.9 Å². The molecule has 9 nitrogen and oxygen atoms in total. The van der Waals surface area contributed by atoms with Crippen molar-refractivity contribution in [3.63, 3.8) is 0 Å². The minimum atomic E-state index is -0.224. The first kappa shape index (κ1) is 13.7. The predicted molar refractivity (Wildman–Crippen MR) is 76.5 cm³/mol. The highest BCUT2D eigenvalue weighted by Gasteiger charge is 2.29. The van der Waals surface area contributed by atoms with Crippen LogP contribution >= 0.6 is 0 Å². The Morgan fingerprint density at radius 3 is 2.71 bits per heavy atom. The van der Waals surface area contributed by atoms with Crippen LogP contribution in [-0.4, -0.2) is 62.1 Å². The normalized spacial score (nSPS) is 17.8. The van der Waals surface area contributed by atoms with Gasteiger partial charge in [0.2, 0.25) is 11.9 Å². The van der Waals surface area contributed by atoms with Crippen molar-refractivity contribution in [2.75, 3.05) is 37.0 Å². The summed E-state index contributed by atoms with van der Waals surface area (Å²) in [6.45, 7) is 6.21. The Labute approximate surface area is 122 Å². The van der Waals surface area contributed by atoms with E-state index in [2.05, 4.69) is 49.1 Å². The average Bonchev–Trinajstić information content (AvgIpc) is 3.00. The summed E-state index contributed by atoms with van der Waals surface area (Å²) in [4.78, 5) is 19.2. The molecular formula is C12H18N8O. The Bertz CT molecular complexity index is 612. The van der Waals surface area contributed by atoms with Gasteiger partial charge in [0, 0.05) is 20.1 Å². The van der Waals surface area contributed by atoms with Crippen molar-refractivity contribution >= 4 is 11.9 Å². The molecular weight excluding hydrogens is 272 g/mol. The Morgan fingerprint density at radius 2 is 2.05 bits per heavy atom. The lowest BCUT2D eigenvalue weighted by molar-refractivity contribution is -0.0281. The molecule has 0 amide bonds. The molecule has 0 atom stereocenters. The van der Waals surface area contributed by atoms with Gasteiger partial charge in [-0.1, -0.05) is 0 Å². The van der Waals surface area contributed by atoms with E-state index < -0.39 is 0 Å². The van der Waals surface area contributed by atoms with Crippen molar-refractivity contribution in [3.8, 4) is 5.95 Å². The highest BCUT2D eigenvalue weighted by molar-refractivity contribution is 5.40. The fourth-order valence-electron chi connectivity index (χ4n) is 2.21. The third kappa shape index (κ3) is 2.92. The minimum absolute atomic E-state index is 0.224. The van der Waals surface area contributed by atoms with Gasteiger partial charge in [-0.3, -0.25) is 0 Å². The van der Waals surface area contributed by atoms with E-state index in [0.29, 0.717) is 24.5 Å². The fraction of sp³-hybridized carbons (Fsp3) is 0.583. The van der Waals surface area contributed by atoms with Gasteiger partial charge in [-0.15, -0.1) is 0 Å². The van der Waals surface area contributed by atoms with Crippen LogP contribution in [0.2, 0.25) is 0 Å². The summed E-state index contributed by atoms with van der Waals surface area (Å²) in [5, 5.41) is 7.01. The highest BCUT2D eigenvalue weighted by atomic mass is 16.5. The van der Waals surface area contributed by atoms with Crippen LogP contribution in [0.25, 0.3) is 5.95 Å². The number of hydrogen-bond donors (Lipinski definition) is 1. The smallest absolute Gasteiger partial charge is 0.258 e. The summed E-state index contributed by atoms with van der Waals surface area (Å²) >= 11 is 0. The summed E-state index contributed by atoms with van der Waals surface area (Å²) in [6, 6.07) is 0. The van der Waals surface area contributed by atoms with E-state index in [-0.39, 0.29) is 5.60 Å². The van der Waals surface area contributed by atoms with E-state index in [1.165, 1.54) is 11.0 Å². The lowest BCUT2D eigenvalue weighted by Gasteiger charge is -2.38. The molecule has 0 radical (unpaired) electrons. The van der Waals surface area contributed by atoms with Crippen molar-refractivity contribution in [1.29, 1.82) is 0 Å². The zero-order valence-corrected chi connectivity index (χ0v) is 12.3. The van der Waals surface area contributed by atoms with E-state index in [1.54, 1.807) is 13.4 Å². The van der Waals surface area contributed by atoms with E-state index in [4.69, 9.17) is 4.74 Å². The molecule has 0 aliphatic carbocycles. The second-order valence-electron chi connectivity index (χ2n) is 5.38. The molecule has 21 heavy (non-hydrogen) atoms. The van der Waals surface area contributed by atoms with E-state index in [1.807, 2.05) is 0 Å². The van der Waals surface area contributed by atoms with Gasteiger partial charge in [0.1, 0.15) is 12.7 Å². The first-order valence-electron chi connectivity index (χ1n) is 6.75. The molecule has 1 N–H and O–H groups in total. The molecule has 0 spiro atoms. The largest absolute Gasteiger partial charge is 0.372 e. The maximum absolute atomic E-state index is 5.72. The second kappa shape index (κ2) is 5.24. The third-order valence-corrected chi connectivity index (χ3v) is 3.17. The first-order valence-corrected chi connectivity index (χ1v) is 6.75. The molecule has 1 aliphatic heterocycles. The highest BCUT2D eigenvalue weighted by Crippen LogP contribution is 2.21. The van der Waals surface area contributed by atoms with Crippen LogP contribution in [0, 0.1) is 0 Å². The standard InChI is InChI=1S/C12H18N8O/c1-12(2)6-19(4-5-21-12)10-16-9(13-3)17-11(18-10)20-8-14-7-15-20/h7-8H,4-6H2,1-3H3,(H,13,16,17,18). The minimum Gasteiger partial charge on any atom is -0.372 e. The van der Waals surface area contributed by atoms with E-state index in [0.717, 1.165) is 13.1 Å². The number of aromatic nitrogens is 6. The van der Waals surface area contributed by atoms with Gasteiger partial charge in [-0.25, -0.2) is 4.98 Å². The van der Waals surface area contributed by atoms with Crippen molar-refractivity contribution in [2.24, 2.45) is 0 Å². The van der Waals surface area contributed by atoms with Gasteiger partial charge in [-0.05, 0) is 13.8 Å². The summed E-state index contributed by atoms with van der Waals surface area (Å²) in [7, 11) is 1.77. The van der Waals surface area contributed by atoms with Gasteiger partial charge >= 0.3 is 0 Å². The quantitative estimate of drug-likeness (QED) is 0.851. The number of nitrogens with zero attached hydrogens (tertiary/aromatic N) is 7. The van der Waals surface area contributed by atoms with E-state index >= 15 is 0 Å². The third-order valence-electron chi connectivity index (χ3n) is 3.17. The topological polar surface area (TPSA) is 93.9 Å². The van der Waals surface area contributed by atoms with Gasteiger partial charge < -0.3 is 15.0 Å². The maximum atomic E-state index is 5.72. The Kier molecular flexibility index (Phi) is 3.42. The van der Waals surface area contributed by atoms with Crippen molar-refractivity contribution in [3.05, 3.63) is 12.7 Å². The molecule has 2 aromatic rings. The molecule has 0 bridgehead atoms. The molecule has 0 saturated carbocycles. The molecule has 3 rings (SSSR count). The fourth-order valence-corrected chi connectivity index (χ4v) is 2.21. The van der Waals surface area contributed by atoms with Gasteiger partial charge in [0.15, 0.2) is 0 Å². The molecule has 3 heterocycles. The number of anilines is 2.